The molecule has 3 heterocycles. The number of H-pyrrole nitrogens is 1. The zero-order chi connectivity index (χ0) is 24.1. The third-order valence-corrected chi connectivity index (χ3v) is 6.49. The lowest BCUT2D eigenvalue weighted by Gasteiger charge is -2.08. The lowest BCUT2D eigenvalue weighted by molar-refractivity contribution is 0.872. The van der Waals surface area contributed by atoms with Crippen LogP contribution in [0.1, 0.15) is 17.0 Å². The second-order valence-electron chi connectivity index (χ2n) is 8.89. The molecule has 3 N–H and O–H groups in total. The predicted octanol–water partition coefficient (Wildman–Crippen LogP) is 6.38. The molecule has 3 aromatic carbocycles. The summed E-state index contributed by atoms with van der Waals surface area (Å²) in [5.74, 6) is 0.606. The Kier molecular flexibility index (Phi) is 4.81. The van der Waals surface area contributed by atoms with E-state index in [1.165, 1.54) is 5.56 Å². The molecule has 35 heavy (non-hydrogen) atoms. The SMILES string of the molecule is Cc1ccc(-c2[nH]c3c(c(C)nn3-c3ccccc3)c2-c2c(C)nn(-c3ccccc3)c2N)cc1. The number of aromatic nitrogens is 5. The Bertz CT molecular complexity index is 1650. The van der Waals surface area contributed by atoms with Gasteiger partial charge in [-0.3, -0.25) is 0 Å². The van der Waals surface area contributed by atoms with Gasteiger partial charge in [-0.2, -0.15) is 10.2 Å². The summed E-state index contributed by atoms with van der Waals surface area (Å²) in [5, 5.41) is 10.8. The van der Waals surface area contributed by atoms with E-state index in [4.69, 9.17) is 15.9 Å². The first-order valence-electron chi connectivity index (χ1n) is 11.7. The Morgan fingerprint density at radius 2 is 1.23 bits per heavy atom. The number of hydrogen-bond acceptors (Lipinski definition) is 3. The molecule has 6 rings (SSSR count). The molecule has 0 aliphatic heterocycles. The van der Waals surface area contributed by atoms with E-state index in [1.807, 2.05) is 71.7 Å². The van der Waals surface area contributed by atoms with Gasteiger partial charge in [-0.25, -0.2) is 9.36 Å². The van der Waals surface area contributed by atoms with Crippen LogP contribution in [0.15, 0.2) is 84.9 Å². The van der Waals surface area contributed by atoms with Gasteiger partial charge in [-0.1, -0.05) is 66.2 Å². The molecule has 0 saturated heterocycles. The molecule has 0 amide bonds. The summed E-state index contributed by atoms with van der Waals surface area (Å²) in [6.45, 7) is 6.16. The number of fused-ring (bicyclic) bond motifs is 1. The highest BCUT2D eigenvalue weighted by atomic mass is 15.3. The van der Waals surface area contributed by atoms with Gasteiger partial charge in [-0.15, -0.1) is 0 Å². The lowest BCUT2D eigenvalue weighted by atomic mass is 9.98. The minimum Gasteiger partial charge on any atom is -0.383 e. The van der Waals surface area contributed by atoms with Crippen molar-refractivity contribution >= 4 is 16.9 Å². The van der Waals surface area contributed by atoms with Gasteiger partial charge < -0.3 is 10.7 Å². The molecule has 0 saturated carbocycles. The van der Waals surface area contributed by atoms with Crippen molar-refractivity contribution in [1.82, 2.24) is 24.5 Å². The third kappa shape index (κ3) is 3.34. The van der Waals surface area contributed by atoms with E-state index in [0.29, 0.717) is 5.82 Å². The average Bonchev–Trinajstić information content (AvgIpc) is 3.51. The van der Waals surface area contributed by atoms with E-state index in [-0.39, 0.29) is 0 Å². The van der Waals surface area contributed by atoms with E-state index in [9.17, 15) is 0 Å². The fraction of sp³-hybridized carbons (Fsp3) is 0.103. The quantitative estimate of drug-likeness (QED) is 0.322. The van der Waals surface area contributed by atoms with Crippen LogP contribution in [0.4, 0.5) is 5.82 Å². The van der Waals surface area contributed by atoms with Gasteiger partial charge in [0.05, 0.1) is 33.8 Å². The Morgan fingerprint density at radius 1 is 0.657 bits per heavy atom. The number of anilines is 1. The van der Waals surface area contributed by atoms with Crippen molar-refractivity contribution in [2.75, 3.05) is 5.73 Å². The van der Waals surface area contributed by atoms with Crippen molar-refractivity contribution in [3.63, 3.8) is 0 Å². The highest BCUT2D eigenvalue weighted by Gasteiger charge is 2.27. The Morgan fingerprint density at radius 3 is 1.86 bits per heavy atom. The Labute approximate surface area is 203 Å². The molecule has 0 atom stereocenters. The van der Waals surface area contributed by atoms with Gasteiger partial charge in [0.15, 0.2) is 0 Å². The molecule has 6 nitrogen and oxygen atoms in total. The number of nitrogens with one attached hydrogen (secondary N) is 1. The topological polar surface area (TPSA) is 77.5 Å². The second-order valence-corrected chi connectivity index (χ2v) is 8.89. The summed E-state index contributed by atoms with van der Waals surface area (Å²) in [6, 6.07) is 28.7. The molecule has 0 bridgehead atoms. The maximum Gasteiger partial charge on any atom is 0.142 e. The maximum atomic E-state index is 6.82. The summed E-state index contributed by atoms with van der Waals surface area (Å²) in [7, 11) is 0. The zero-order valence-corrected chi connectivity index (χ0v) is 19.9. The zero-order valence-electron chi connectivity index (χ0n) is 19.9. The lowest BCUT2D eigenvalue weighted by Crippen LogP contribution is -2.02. The summed E-state index contributed by atoms with van der Waals surface area (Å²) in [4.78, 5) is 3.70. The van der Waals surface area contributed by atoms with E-state index >= 15 is 0 Å². The molecular formula is C29H26N6. The summed E-state index contributed by atoms with van der Waals surface area (Å²) >= 11 is 0. The molecule has 6 aromatic rings. The number of benzene rings is 3. The molecule has 0 unspecified atom stereocenters. The fourth-order valence-electron chi connectivity index (χ4n) is 4.81. The Balaban J connectivity index is 1.68. The van der Waals surface area contributed by atoms with E-state index in [0.717, 1.165) is 56.2 Å². The van der Waals surface area contributed by atoms with Crippen molar-refractivity contribution in [1.29, 1.82) is 0 Å². The van der Waals surface area contributed by atoms with Gasteiger partial charge in [0, 0.05) is 11.1 Å². The number of hydrogen-bond donors (Lipinski definition) is 2. The number of nitrogen functional groups attached to an aromatic ring is 1. The number of rotatable bonds is 4. The first kappa shape index (κ1) is 21.0. The van der Waals surface area contributed by atoms with Crippen LogP contribution >= 0.6 is 0 Å². The van der Waals surface area contributed by atoms with Crippen molar-refractivity contribution in [2.45, 2.75) is 20.8 Å². The molecule has 0 spiro atoms. The van der Waals surface area contributed by atoms with Gasteiger partial charge in [0.1, 0.15) is 11.5 Å². The van der Waals surface area contributed by atoms with E-state index in [1.54, 1.807) is 0 Å². The molecule has 0 fully saturated rings. The van der Waals surface area contributed by atoms with Crippen LogP contribution in [-0.2, 0) is 0 Å². The van der Waals surface area contributed by atoms with E-state index < -0.39 is 0 Å². The molecular weight excluding hydrogens is 432 g/mol. The van der Waals surface area contributed by atoms with Crippen LogP contribution in [0, 0.1) is 20.8 Å². The standard InChI is InChI=1S/C29H26N6/c1-18-14-16-21(17-15-18)27-26(24-19(2)32-34(28(24)30)22-10-6-4-7-11-22)25-20(3)33-35(29(25)31-27)23-12-8-5-9-13-23/h4-17,31H,30H2,1-3H3. The maximum absolute atomic E-state index is 6.82. The largest absolute Gasteiger partial charge is 0.383 e. The number of nitrogens with zero attached hydrogens (tertiary/aromatic N) is 4. The smallest absolute Gasteiger partial charge is 0.142 e. The highest BCUT2D eigenvalue weighted by molar-refractivity contribution is 6.07. The second kappa shape index (κ2) is 8.02. The van der Waals surface area contributed by atoms with E-state index in [2.05, 4.69) is 48.3 Å². The first-order valence-corrected chi connectivity index (χ1v) is 11.7. The normalized spacial score (nSPS) is 11.4. The van der Waals surface area contributed by atoms with Crippen LogP contribution < -0.4 is 5.73 Å². The van der Waals surface area contributed by atoms with Gasteiger partial charge in [0.25, 0.3) is 0 Å². The van der Waals surface area contributed by atoms with Gasteiger partial charge in [0.2, 0.25) is 0 Å². The molecule has 6 heteroatoms. The van der Waals surface area contributed by atoms with Crippen molar-refractivity contribution < 1.29 is 0 Å². The number of aromatic amines is 1. The molecule has 0 aliphatic rings. The van der Waals surface area contributed by atoms with Crippen LogP contribution in [0.25, 0.3) is 44.8 Å². The monoisotopic (exact) mass is 458 g/mol. The number of para-hydroxylation sites is 2. The van der Waals surface area contributed by atoms with Gasteiger partial charge in [-0.05, 0) is 50.6 Å². The third-order valence-electron chi connectivity index (χ3n) is 6.49. The first-order chi connectivity index (χ1) is 17.0. The highest BCUT2D eigenvalue weighted by Crippen LogP contribution is 2.44. The van der Waals surface area contributed by atoms with Crippen LogP contribution in [0.5, 0.6) is 0 Å². The van der Waals surface area contributed by atoms with Crippen molar-refractivity contribution in [3.05, 3.63) is 102 Å². The molecule has 3 aromatic heterocycles. The molecule has 0 aliphatic carbocycles. The minimum atomic E-state index is 0.606. The van der Waals surface area contributed by atoms with Crippen LogP contribution in [-0.4, -0.2) is 24.5 Å². The summed E-state index contributed by atoms with van der Waals surface area (Å²) < 4.78 is 3.79. The minimum absolute atomic E-state index is 0.606. The van der Waals surface area contributed by atoms with Crippen molar-refractivity contribution in [2.24, 2.45) is 0 Å². The average molecular weight is 459 g/mol. The van der Waals surface area contributed by atoms with Crippen molar-refractivity contribution in [3.8, 4) is 33.8 Å². The number of nitrogens with two attached hydrogens (primary N) is 1. The number of aryl methyl sites for hydroxylation is 3. The van der Waals surface area contributed by atoms with Gasteiger partial charge >= 0.3 is 0 Å². The van der Waals surface area contributed by atoms with Crippen LogP contribution in [0.2, 0.25) is 0 Å². The molecule has 172 valence electrons. The molecule has 0 radical (unpaired) electrons. The van der Waals surface area contributed by atoms with Crippen LogP contribution in [0.3, 0.4) is 0 Å². The Hall–Kier alpha value is -4.58. The summed E-state index contributed by atoms with van der Waals surface area (Å²) in [6.07, 6.45) is 0. The predicted molar refractivity (Wildman–Crippen MR) is 142 cm³/mol. The fourth-order valence-corrected chi connectivity index (χ4v) is 4.81. The summed E-state index contributed by atoms with van der Waals surface area (Å²) in [5.41, 5.74) is 16.7.